The molecule has 1 saturated heterocycles. The van der Waals surface area contributed by atoms with Crippen LogP contribution in [0.2, 0.25) is 10.0 Å². The summed E-state index contributed by atoms with van der Waals surface area (Å²) < 4.78 is 27.4. The lowest BCUT2D eigenvalue weighted by Crippen LogP contribution is -2.29. The Morgan fingerprint density at radius 3 is 2.91 bits per heavy atom. The Morgan fingerprint density at radius 1 is 1.26 bits per heavy atom. The minimum atomic E-state index is -0.545. The van der Waals surface area contributed by atoms with E-state index < -0.39 is 5.82 Å². The first-order valence-electron chi connectivity index (χ1n) is 10.9. The quantitative estimate of drug-likeness (QED) is 0.327. The summed E-state index contributed by atoms with van der Waals surface area (Å²) in [4.78, 5) is 4.28. The van der Waals surface area contributed by atoms with Crippen LogP contribution in [0.4, 0.5) is 10.2 Å². The lowest BCUT2D eigenvalue weighted by atomic mass is 10.1. The topological polar surface area (TPSA) is 91.1 Å². The van der Waals surface area contributed by atoms with E-state index in [1.807, 2.05) is 17.1 Å². The molecule has 176 valence electrons. The average molecular weight is 502 g/mol. The highest BCUT2D eigenvalue weighted by Gasteiger charge is 2.20. The molecule has 0 amide bonds. The van der Waals surface area contributed by atoms with Crippen LogP contribution in [0.1, 0.15) is 24.4 Å². The van der Waals surface area contributed by atoms with Gasteiger partial charge < -0.3 is 20.2 Å². The molecular weight excluding hydrogens is 480 g/mol. The number of nitrogens with one attached hydrogen (secondary N) is 1. The molecule has 0 bridgehead atoms. The summed E-state index contributed by atoms with van der Waals surface area (Å²) in [5, 5.41) is 9.00. The van der Waals surface area contributed by atoms with Crippen molar-refractivity contribution in [2.45, 2.75) is 18.9 Å². The molecule has 4 heterocycles. The van der Waals surface area contributed by atoms with E-state index in [0.29, 0.717) is 28.0 Å². The number of hydrogen-bond donors (Lipinski definition) is 2. The summed E-state index contributed by atoms with van der Waals surface area (Å²) in [5.41, 5.74) is 8.73. The fourth-order valence-electron chi connectivity index (χ4n) is 4.08. The maximum absolute atomic E-state index is 13.7. The fourth-order valence-corrected chi connectivity index (χ4v) is 4.58. The molecule has 10 heteroatoms. The predicted octanol–water partition coefficient (Wildman–Crippen LogP) is 5.74. The van der Waals surface area contributed by atoms with Gasteiger partial charge >= 0.3 is 0 Å². The number of pyridine rings is 1. The second-order valence-corrected chi connectivity index (χ2v) is 8.81. The third kappa shape index (κ3) is 4.36. The summed E-state index contributed by atoms with van der Waals surface area (Å²) in [7, 11) is 0. The fraction of sp³-hybridized carbons (Fsp3) is 0.250. The van der Waals surface area contributed by atoms with Crippen molar-refractivity contribution in [2.75, 3.05) is 25.4 Å². The first-order chi connectivity index (χ1) is 16.5. The molecule has 1 aliphatic heterocycles. The SMILES string of the molecule is Nc1ncc2c(-c3cnn(C4CCNCC4)c3)coc2c1OCC=Cc1c(Cl)ccc(F)c1Cl. The standard InChI is InChI=1S/C24H22Cl2FN5O2/c25-19-3-4-20(27)21(26)16(19)2-1-9-33-23-22-17(11-30-24(23)28)18(13-34-22)14-10-31-32(12-14)15-5-7-29-8-6-15/h1-4,10-13,15,29H,5-9H2,(H2,28,30). The van der Waals surface area contributed by atoms with Crippen molar-refractivity contribution < 1.29 is 13.5 Å². The van der Waals surface area contributed by atoms with Crippen molar-refractivity contribution in [3.8, 4) is 16.9 Å². The third-order valence-electron chi connectivity index (χ3n) is 5.88. The number of benzene rings is 1. The van der Waals surface area contributed by atoms with E-state index in [1.54, 1.807) is 24.6 Å². The smallest absolute Gasteiger partial charge is 0.205 e. The highest BCUT2D eigenvalue weighted by Crippen LogP contribution is 2.38. The van der Waals surface area contributed by atoms with Gasteiger partial charge in [-0.3, -0.25) is 4.68 Å². The summed E-state index contributed by atoms with van der Waals surface area (Å²) in [6.07, 6.45) is 12.5. The zero-order valence-electron chi connectivity index (χ0n) is 18.1. The molecule has 1 aliphatic rings. The largest absolute Gasteiger partial charge is 0.482 e. The highest BCUT2D eigenvalue weighted by molar-refractivity contribution is 6.37. The van der Waals surface area contributed by atoms with E-state index in [2.05, 4.69) is 15.4 Å². The molecule has 0 radical (unpaired) electrons. The molecule has 3 aromatic heterocycles. The Labute approximate surface area is 205 Å². The molecule has 0 saturated carbocycles. The van der Waals surface area contributed by atoms with Crippen LogP contribution < -0.4 is 15.8 Å². The Kier molecular flexibility index (Phi) is 6.45. The van der Waals surface area contributed by atoms with E-state index in [9.17, 15) is 4.39 Å². The van der Waals surface area contributed by atoms with E-state index in [1.165, 1.54) is 12.1 Å². The van der Waals surface area contributed by atoms with Gasteiger partial charge in [-0.25, -0.2) is 9.37 Å². The molecule has 1 aromatic carbocycles. The molecule has 5 rings (SSSR count). The number of nitrogen functional groups attached to an aromatic ring is 1. The van der Waals surface area contributed by atoms with Gasteiger partial charge in [-0.1, -0.05) is 29.3 Å². The number of piperidine rings is 1. The molecule has 1 fully saturated rings. The van der Waals surface area contributed by atoms with Crippen LogP contribution in [-0.2, 0) is 0 Å². The van der Waals surface area contributed by atoms with Crippen LogP contribution in [0.5, 0.6) is 5.75 Å². The van der Waals surface area contributed by atoms with Gasteiger partial charge in [-0.15, -0.1) is 0 Å². The monoisotopic (exact) mass is 501 g/mol. The number of fused-ring (bicyclic) bond motifs is 1. The zero-order valence-corrected chi connectivity index (χ0v) is 19.6. The van der Waals surface area contributed by atoms with Gasteiger partial charge in [0.2, 0.25) is 5.75 Å². The van der Waals surface area contributed by atoms with Crippen molar-refractivity contribution in [3.05, 3.63) is 64.5 Å². The van der Waals surface area contributed by atoms with E-state index >= 15 is 0 Å². The van der Waals surface area contributed by atoms with Crippen molar-refractivity contribution in [3.63, 3.8) is 0 Å². The van der Waals surface area contributed by atoms with E-state index in [0.717, 1.165) is 42.4 Å². The minimum absolute atomic E-state index is 0.0484. The molecule has 0 unspecified atom stereocenters. The number of nitrogens with two attached hydrogens (primary N) is 1. The number of ether oxygens (including phenoxy) is 1. The van der Waals surface area contributed by atoms with Gasteiger partial charge in [0.15, 0.2) is 11.4 Å². The Bertz CT molecular complexity index is 1360. The number of furan rings is 1. The second-order valence-electron chi connectivity index (χ2n) is 8.03. The number of nitrogens with zero attached hydrogens (tertiary/aromatic N) is 3. The predicted molar refractivity (Wildman–Crippen MR) is 132 cm³/mol. The number of anilines is 1. The molecule has 4 aromatic rings. The first kappa shape index (κ1) is 22.7. The van der Waals surface area contributed by atoms with Crippen LogP contribution in [0.3, 0.4) is 0 Å². The van der Waals surface area contributed by atoms with Gasteiger partial charge in [-0.2, -0.15) is 5.10 Å². The van der Waals surface area contributed by atoms with Gasteiger partial charge in [0.25, 0.3) is 0 Å². The second kappa shape index (κ2) is 9.66. The summed E-state index contributed by atoms with van der Waals surface area (Å²) in [6, 6.07) is 3.05. The molecule has 0 atom stereocenters. The summed E-state index contributed by atoms with van der Waals surface area (Å²) in [6.45, 7) is 2.10. The van der Waals surface area contributed by atoms with E-state index in [4.69, 9.17) is 38.1 Å². The third-order valence-corrected chi connectivity index (χ3v) is 6.60. The van der Waals surface area contributed by atoms with Gasteiger partial charge in [0, 0.05) is 34.1 Å². The number of hydrogen-bond acceptors (Lipinski definition) is 6. The first-order valence-corrected chi connectivity index (χ1v) is 11.6. The van der Waals surface area contributed by atoms with Crippen LogP contribution >= 0.6 is 23.2 Å². The number of rotatable bonds is 6. The molecule has 3 N–H and O–H groups in total. The maximum atomic E-state index is 13.7. The normalized spacial score (nSPS) is 14.9. The summed E-state index contributed by atoms with van der Waals surface area (Å²) >= 11 is 12.1. The number of halogens is 3. The lowest BCUT2D eigenvalue weighted by Gasteiger charge is -2.22. The van der Waals surface area contributed by atoms with Crippen molar-refractivity contribution in [1.29, 1.82) is 0 Å². The van der Waals surface area contributed by atoms with Crippen molar-refractivity contribution in [2.24, 2.45) is 0 Å². The highest BCUT2D eigenvalue weighted by atomic mass is 35.5. The minimum Gasteiger partial charge on any atom is -0.482 e. The van der Waals surface area contributed by atoms with E-state index in [-0.39, 0.29) is 17.4 Å². The maximum Gasteiger partial charge on any atom is 0.205 e. The van der Waals surface area contributed by atoms with Crippen molar-refractivity contribution in [1.82, 2.24) is 20.1 Å². The van der Waals surface area contributed by atoms with Crippen LogP contribution in [-0.4, -0.2) is 34.5 Å². The van der Waals surface area contributed by atoms with Crippen molar-refractivity contribution >= 4 is 46.1 Å². The molecule has 34 heavy (non-hydrogen) atoms. The molecule has 0 spiro atoms. The molecule has 7 nitrogen and oxygen atoms in total. The average Bonchev–Trinajstić information content (AvgIpc) is 3.50. The van der Waals surface area contributed by atoms with Gasteiger partial charge in [0.1, 0.15) is 18.7 Å². The summed E-state index contributed by atoms with van der Waals surface area (Å²) in [5.74, 6) is -0.0129. The Balaban J connectivity index is 1.37. The van der Waals surface area contributed by atoms with Gasteiger partial charge in [0.05, 0.1) is 22.6 Å². The Morgan fingerprint density at radius 2 is 2.09 bits per heavy atom. The van der Waals surface area contributed by atoms with Crippen LogP contribution in [0.15, 0.2) is 47.5 Å². The lowest BCUT2D eigenvalue weighted by molar-refractivity contribution is 0.343. The number of aromatic nitrogens is 3. The molecule has 0 aliphatic carbocycles. The van der Waals surface area contributed by atoms with Gasteiger partial charge in [-0.05, 0) is 44.1 Å². The molecular formula is C24H22Cl2FN5O2. The van der Waals surface area contributed by atoms with Crippen LogP contribution in [0, 0.1) is 5.82 Å². The van der Waals surface area contributed by atoms with Crippen LogP contribution in [0.25, 0.3) is 28.2 Å². The Hall–Kier alpha value is -3.07. The zero-order chi connectivity index (χ0) is 23.7.